The maximum Gasteiger partial charge on any atom is 0.261 e. The fraction of sp³-hybridized carbons (Fsp3) is 0.240. The van der Waals surface area contributed by atoms with Crippen LogP contribution in [0.25, 0.3) is 0 Å². The molecule has 1 aliphatic rings. The van der Waals surface area contributed by atoms with Gasteiger partial charge in [0.2, 0.25) is 15.9 Å². The molecule has 0 radical (unpaired) electrons. The molecule has 0 aromatic heterocycles. The van der Waals surface area contributed by atoms with Crippen molar-refractivity contribution in [3.05, 3.63) is 86.3 Å². The Morgan fingerprint density at radius 1 is 0.846 bits per heavy atom. The van der Waals surface area contributed by atoms with Gasteiger partial charge in [-0.2, -0.15) is 0 Å². The lowest BCUT2D eigenvalue weighted by atomic mass is 9.97. The zero-order valence-corrected chi connectivity index (χ0v) is 24.9. The lowest BCUT2D eigenvalue weighted by Crippen LogP contribution is -2.41. The fourth-order valence-corrected chi connectivity index (χ4v) is 7.42. The molecule has 0 bridgehead atoms. The van der Waals surface area contributed by atoms with E-state index in [0.717, 1.165) is 0 Å². The lowest BCUT2D eigenvalue weighted by molar-refractivity contribution is -0.120. The van der Waals surface area contributed by atoms with Gasteiger partial charge in [0, 0.05) is 24.7 Å². The van der Waals surface area contributed by atoms with Gasteiger partial charge in [-0.15, -0.1) is 0 Å². The molecule has 0 spiro atoms. The second-order valence-corrected chi connectivity index (χ2v) is 14.1. The Bertz CT molecular complexity index is 1590. The molecular weight excluding hydrogens is 628 g/mol. The fourth-order valence-electron chi connectivity index (χ4n) is 4.08. The van der Waals surface area contributed by atoms with Gasteiger partial charge < -0.3 is 5.32 Å². The third kappa shape index (κ3) is 7.38. The van der Waals surface area contributed by atoms with Crippen molar-refractivity contribution in [2.24, 2.45) is 5.92 Å². The van der Waals surface area contributed by atoms with Crippen molar-refractivity contribution in [2.45, 2.75) is 23.5 Å². The summed E-state index contributed by atoms with van der Waals surface area (Å²) in [4.78, 5) is 12.8. The summed E-state index contributed by atoms with van der Waals surface area (Å²) in [6.07, 6.45) is 0.701. The van der Waals surface area contributed by atoms with Gasteiger partial charge >= 0.3 is 0 Å². The second kappa shape index (κ2) is 12.2. The number of nitrogens with zero attached hydrogens (tertiary/aromatic N) is 1. The first-order valence-electron chi connectivity index (χ1n) is 11.7. The average molecular weight is 651 g/mol. The van der Waals surface area contributed by atoms with E-state index < -0.39 is 26.0 Å². The quantitative estimate of drug-likeness (QED) is 0.298. The molecule has 4 rings (SSSR count). The lowest BCUT2D eigenvalue weighted by Gasteiger charge is -2.30. The van der Waals surface area contributed by atoms with Crippen molar-refractivity contribution in [3.63, 3.8) is 0 Å². The largest absolute Gasteiger partial charge is 0.326 e. The highest BCUT2D eigenvalue weighted by atomic mass is 35.5. The summed E-state index contributed by atoms with van der Waals surface area (Å²) in [6.45, 7) is 0.410. The van der Waals surface area contributed by atoms with E-state index in [2.05, 4.69) is 10.0 Å². The van der Waals surface area contributed by atoms with E-state index in [0.29, 0.717) is 29.1 Å². The van der Waals surface area contributed by atoms with Gasteiger partial charge in [0.05, 0.1) is 36.4 Å². The molecule has 0 unspecified atom stereocenters. The van der Waals surface area contributed by atoms with Gasteiger partial charge in [-0.1, -0.05) is 58.5 Å². The highest BCUT2D eigenvalue weighted by Gasteiger charge is 2.31. The van der Waals surface area contributed by atoms with Crippen LogP contribution in [0, 0.1) is 5.92 Å². The maximum absolute atomic E-state index is 12.9. The van der Waals surface area contributed by atoms with E-state index in [1.54, 1.807) is 24.3 Å². The molecule has 8 nitrogen and oxygen atoms in total. The third-order valence-electron chi connectivity index (χ3n) is 6.18. The number of halogens is 4. The average Bonchev–Trinajstić information content (AvgIpc) is 2.89. The van der Waals surface area contributed by atoms with Gasteiger partial charge in [-0.3, -0.25) is 9.52 Å². The number of rotatable bonds is 8. The molecule has 3 aromatic rings. The molecule has 0 aliphatic carbocycles. The Morgan fingerprint density at radius 3 is 2.15 bits per heavy atom. The Kier molecular flexibility index (Phi) is 9.37. The predicted molar refractivity (Wildman–Crippen MR) is 156 cm³/mol. The monoisotopic (exact) mass is 649 g/mol. The summed E-state index contributed by atoms with van der Waals surface area (Å²) >= 11 is 23.9. The summed E-state index contributed by atoms with van der Waals surface area (Å²) in [7, 11) is -7.55. The number of piperidine rings is 1. The number of carbonyl (C=O) groups is 1. The molecule has 1 saturated heterocycles. The topological polar surface area (TPSA) is 113 Å². The van der Waals surface area contributed by atoms with Crippen LogP contribution < -0.4 is 10.0 Å². The van der Waals surface area contributed by atoms with E-state index in [1.807, 2.05) is 0 Å². The molecule has 1 fully saturated rings. The number of amides is 1. The minimum absolute atomic E-state index is 0.0305. The standard InChI is InChI=1S/C25H23Cl4N3O5S2/c26-20-9-4-16(14-22(20)28)15-38(34,35)32-12-10-17(11-13-32)25(33)30-18-5-7-19(8-6-18)39(36,37)31-23-3-1-2-21(27)24(23)29/h1-9,14,17,31H,10-13,15H2,(H,30,33). The summed E-state index contributed by atoms with van der Waals surface area (Å²) in [5.74, 6) is -0.874. The molecule has 0 atom stereocenters. The van der Waals surface area contributed by atoms with Crippen molar-refractivity contribution >= 4 is 83.7 Å². The van der Waals surface area contributed by atoms with E-state index >= 15 is 0 Å². The summed E-state index contributed by atoms with van der Waals surface area (Å²) in [6, 6.07) is 15.0. The molecule has 2 N–H and O–H groups in total. The third-order valence-corrected chi connectivity index (χ3v) is 11.0. The van der Waals surface area contributed by atoms with Crippen LogP contribution in [0.4, 0.5) is 11.4 Å². The zero-order chi connectivity index (χ0) is 28.4. The molecule has 1 heterocycles. The van der Waals surface area contributed by atoms with Gasteiger partial charge in [0.15, 0.2) is 0 Å². The Balaban J connectivity index is 1.33. The van der Waals surface area contributed by atoms with Gasteiger partial charge in [0.25, 0.3) is 10.0 Å². The highest BCUT2D eigenvalue weighted by Crippen LogP contribution is 2.31. The number of hydrogen-bond donors (Lipinski definition) is 2. The smallest absolute Gasteiger partial charge is 0.261 e. The molecule has 1 amide bonds. The molecule has 0 saturated carbocycles. The molecule has 39 heavy (non-hydrogen) atoms. The summed E-state index contributed by atoms with van der Waals surface area (Å²) in [5, 5.41) is 3.70. The predicted octanol–water partition coefficient (Wildman–Crippen LogP) is 6.28. The number of hydrogen-bond acceptors (Lipinski definition) is 5. The van der Waals surface area contributed by atoms with E-state index in [4.69, 9.17) is 46.4 Å². The van der Waals surface area contributed by atoms with E-state index in [-0.39, 0.29) is 50.4 Å². The first kappa shape index (κ1) is 29.9. The number of nitrogens with one attached hydrogen (secondary N) is 2. The minimum Gasteiger partial charge on any atom is -0.326 e. The number of sulfonamides is 2. The van der Waals surface area contributed by atoms with Crippen LogP contribution in [-0.2, 0) is 30.6 Å². The van der Waals surface area contributed by atoms with Crippen molar-refractivity contribution in [3.8, 4) is 0 Å². The summed E-state index contributed by atoms with van der Waals surface area (Å²) < 4.78 is 55.0. The number of benzene rings is 3. The van der Waals surface area contributed by atoms with Crippen molar-refractivity contribution in [1.29, 1.82) is 0 Å². The van der Waals surface area contributed by atoms with Crippen LogP contribution in [0.3, 0.4) is 0 Å². The van der Waals surface area contributed by atoms with Crippen molar-refractivity contribution in [1.82, 2.24) is 4.31 Å². The first-order chi connectivity index (χ1) is 18.4. The SMILES string of the molecule is O=C(Nc1ccc(S(=O)(=O)Nc2cccc(Cl)c2Cl)cc1)C1CCN(S(=O)(=O)Cc2ccc(Cl)c(Cl)c2)CC1. The molecule has 3 aromatic carbocycles. The summed E-state index contributed by atoms with van der Waals surface area (Å²) in [5.41, 5.74) is 1.09. The molecule has 1 aliphatic heterocycles. The Morgan fingerprint density at radius 2 is 1.51 bits per heavy atom. The first-order valence-corrected chi connectivity index (χ1v) is 16.3. The van der Waals surface area contributed by atoms with Crippen LogP contribution in [0.2, 0.25) is 20.1 Å². The highest BCUT2D eigenvalue weighted by molar-refractivity contribution is 7.92. The maximum atomic E-state index is 12.9. The Labute approximate surface area is 247 Å². The zero-order valence-electron chi connectivity index (χ0n) is 20.2. The van der Waals surface area contributed by atoms with Crippen LogP contribution in [0.1, 0.15) is 18.4 Å². The molecule has 14 heteroatoms. The van der Waals surface area contributed by atoms with E-state index in [9.17, 15) is 21.6 Å². The number of carbonyl (C=O) groups excluding carboxylic acids is 1. The minimum atomic E-state index is -3.95. The van der Waals surface area contributed by atoms with Crippen molar-refractivity contribution in [2.75, 3.05) is 23.1 Å². The molecular formula is C25H23Cl4N3O5S2. The van der Waals surface area contributed by atoms with Crippen LogP contribution in [0.15, 0.2) is 65.6 Å². The van der Waals surface area contributed by atoms with Crippen LogP contribution in [0.5, 0.6) is 0 Å². The van der Waals surface area contributed by atoms with Crippen molar-refractivity contribution < 1.29 is 21.6 Å². The Hall–Kier alpha value is -2.05. The second-order valence-electron chi connectivity index (χ2n) is 8.90. The van der Waals surface area contributed by atoms with E-state index in [1.165, 1.54) is 40.7 Å². The van der Waals surface area contributed by atoms with Crippen LogP contribution >= 0.6 is 46.4 Å². The van der Waals surface area contributed by atoms with Crippen LogP contribution in [-0.4, -0.2) is 40.1 Å². The van der Waals surface area contributed by atoms with Gasteiger partial charge in [-0.05, 0) is 66.9 Å². The van der Waals surface area contributed by atoms with Gasteiger partial charge in [-0.25, -0.2) is 21.1 Å². The normalized spacial score (nSPS) is 15.2. The number of anilines is 2. The van der Waals surface area contributed by atoms with Gasteiger partial charge in [0.1, 0.15) is 0 Å². The molecule has 208 valence electrons.